The fourth-order valence-electron chi connectivity index (χ4n) is 2.35. The number of benzene rings is 1. The van der Waals surface area contributed by atoms with Crippen LogP contribution in [0.1, 0.15) is 5.69 Å². The first-order valence-corrected chi connectivity index (χ1v) is 10.7. The van der Waals surface area contributed by atoms with Crippen molar-refractivity contribution in [2.45, 2.75) is 17.2 Å². The Morgan fingerprint density at radius 3 is 2.50 bits per heavy atom. The van der Waals surface area contributed by atoms with Crippen molar-refractivity contribution in [1.29, 1.82) is 0 Å². The number of aromatic amines is 1. The second kappa shape index (κ2) is 6.11. The SMILES string of the molecule is Cc1c(Br)c2ccc(F)cc2n1S(=O)(=O)c1nc(S(=O)(=O)N(C)C)n[nH]1. The summed E-state index contributed by atoms with van der Waals surface area (Å²) in [5, 5.41) is 4.76. The van der Waals surface area contributed by atoms with Gasteiger partial charge in [-0.2, -0.15) is 13.4 Å². The molecule has 3 aromatic rings. The fourth-order valence-corrected chi connectivity index (χ4v) is 5.13. The maximum atomic E-state index is 13.7. The number of sulfonamides is 1. The molecule has 0 aliphatic heterocycles. The van der Waals surface area contributed by atoms with E-state index < -0.39 is 36.2 Å². The number of aromatic nitrogens is 4. The maximum Gasteiger partial charge on any atom is 0.303 e. The van der Waals surface area contributed by atoms with Crippen molar-refractivity contribution in [1.82, 2.24) is 23.5 Å². The van der Waals surface area contributed by atoms with E-state index in [0.717, 1.165) is 14.3 Å². The molecular weight excluding hydrogens is 453 g/mol. The lowest BCUT2D eigenvalue weighted by Gasteiger charge is -2.07. The second-order valence-electron chi connectivity index (χ2n) is 5.54. The Morgan fingerprint density at radius 2 is 1.88 bits per heavy atom. The van der Waals surface area contributed by atoms with Crippen LogP contribution < -0.4 is 0 Å². The predicted molar refractivity (Wildman–Crippen MR) is 94.2 cm³/mol. The van der Waals surface area contributed by atoms with E-state index in [-0.39, 0.29) is 11.2 Å². The maximum absolute atomic E-state index is 13.7. The Kier molecular flexibility index (Phi) is 4.45. The lowest BCUT2D eigenvalue weighted by atomic mass is 10.2. The highest BCUT2D eigenvalue weighted by Gasteiger charge is 2.31. The van der Waals surface area contributed by atoms with Gasteiger partial charge in [0.2, 0.25) is 0 Å². The highest BCUT2D eigenvalue weighted by molar-refractivity contribution is 9.10. The molecule has 0 amide bonds. The molecule has 0 aliphatic rings. The predicted octanol–water partition coefficient (Wildman–Crippen LogP) is 1.46. The number of nitrogens with zero attached hydrogens (tertiary/aromatic N) is 4. The number of rotatable bonds is 4. The van der Waals surface area contributed by atoms with Crippen LogP contribution >= 0.6 is 15.9 Å². The van der Waals surface area contributed by atoms with Crippen LogP contribution in [-0.2, 0) is 20.0 Å². The minimum atomic E-state index is -4.35. The first kappa shape index (κ1) is 18.9. The van der Waals surface area contributed by atoms with Gasteiger partial charge in [-0.15, -0.1) is 5.10 Å². The third kappa shape index (κ3) is 2.74. The fraction of sp³-hybridized carbons (Fsp3) is 0.231. The topological polar surface area (TPSA) is 118 Å². The molecule has 1 N–H and O–H groups in total. The summed E-state index contributed by atoms with van der Waals surface area (Å²) in [6.07, 6.45) is 0. The van der Waals surface area contributed by atoms with Gasteiger partial charge in [0.1, 0.15) is 5.82 Å². The molecule has 3 rings (SSSR count). The van der Waals surface area contributed by atoms with Crippen LogP contribution in [0.4, 0.5) is 4.39 Å². The summed E-state index contributed by atoms with van der Waals surface area (Å²) in [7, 11) is -5.83. The van der Waals surface area contributed by atoms with Crippen LogP contribution in [0, 0.1) is 12.7 Å². The molecule has 0 fully saturated rings. The van der Waals surface area contributed by atoms with Gasteiger partial charge in [0, 0.05) is 29.6 Å². The van der Waals surface area contributed by atoms with Crippen molar-refractivity contribution in [2.75, 3.05) is 14.1 Å². The lowest BCUT2D eigenvalue weighted by Crippen LogP contribution is -2.23. The summed E-state index contributed by atoms with van der Waals surface area (Å²) in [5.74, 6) is -0.618. The average molecular weight is 466 g/mol. The van der Waals surface area contributed by atoms with Gasteiger partial charge in [-0.05, 0) is 41.1 Å². The van der Waals surface area contributed by atoms with Crippen LogP contribution in [0.25, 0.3) is 10.9 Å². The minimum Gasteiger partial charge on any atom is -0.247 e. The molecule has 1 aromatic carbocycles. The van der Waals surface area contributed by atoms with Gasteiger partial charge in [-0.1, -0.05) is 0 Å². The minimum absolute atomic E-state index is 0.0859. The van der Waals surface area contributed by atoms with Crippen molar-refractivity contribution < 1.29 is 21.2 Å². The zero-order chi connectivity index (χ0) is 19.4. The zero-order valence-corrected chi connectivity index (χ0v) is 16.9. The van der Waals surface area contributed by atoms with E-state index in [1.54, 1.807) is 0 Å². The molecule has 0 radical (unpaired) electrons. The molecule has 0 unspecified atom stereocenters. The number of hydrogen-bond donors (Lipinski definition) is 1. The molecule has 2 heterocycles. The van der Waals surface area contributed by atoms with Gasteiger partial charge in [0.25, 0.3) is 20.3 Å². The normalized spacial score (nSPS) is 13.0. The Labute approximate surface area is 157 Å². The Morgan fingerprint density at radius 1 is 1.23 bits per heavy atom. The van der Waals surface area contributed by atoms with Crippen LogP contribution in [-0.4, -0.2) is 54.4 Å². The van der Waals surface area contributed by atoms with Crippen molar-refractivity contribution in [3.8, 4) is 0 Å². The molecule has 140 valence electrons. The molecule has 0 saturated heterocycles. The highest BCUT2D eigenvalue weighted by atomic mass is 79.9. The van der Waals surface area contributed by atoms with Crippen LogP contribution in [0.2, 0.25) is 0 Å². The molecule has 9 nitrogen and oxygen atoms in total. The summed E-state index contributed by atoms with van der Waals surface area (Å²) >= 11 is 3.29. The van der Waals surface area contributed by atoms with Crippen molar-refractivity contribution >= 4 is 46.9 Å². The van der Waals surface area contributed by atoms with E-state index in [1.807, 2.05) is 0 Å². The largest absolute Gasteiger partial charge is 0.303 e. The third-order valence-corrected chi connectivity index (χ3v) is 7.91. The molecule has 0 bridgehead atoms. The van der Waals surface area contributed by atoms with Crippen molar-refractivity contribution in [2.24, 2.45) is 0 Å². The standard InChI is InChI=1S/C13H13BrFN5O4S2/c1-7-11(14)9-5-4-8(15)6-10(9)20(7)26(23,24)13-16-12(17-18-13)25(21,22)19(2)3/h4-6H,1-3H3,(H,16,17,18). The monoisotopic (exact) mass is 465 g/mol. The first-order valence-electron chi connectivity index (χ1n) is 7.04. The van der Waals surface area contributed by atoms with E-state index in [4.69, 9.17) is 0 Å². The summed E-state index contributed by atoms with van der Waals surface area (Å²) in [5.41, 5.74) is 0.363. The quantitative estimate of drug-likeness (QED) is 0.622. The van der Waals surface area contributed by atoms with Gasteiger partial charge in [-0.3, -0.25) is 0 Å². The smallest absolute Gasteiger partial charge is 0.247 e. The highest BCUT2D eigenvalue weighted by Crippen LogP contribution is 2.33. The van der Waals surface area contributed by atoms with Gasteiger partial charge in [0.05, 0.1) is 5.52 Å². The zero-order valence-electron chi connectivity index (χ0n) is 13.7. The van der Waals surface area contributed by atoms with Gasteiger partial charge in [-0.25, -0.2) is 26.2 Å². The van der Waals surface area contributed by atoms with Crippen molar-refractivity contribution in [3.63, 3.8) is 0 Å². The average Bonchev–Trinajstić information content (AvgIpc) is 3.13. The number of nitrogens with one attached hydrogen (secondary N) is 1. The van der Waals surface area contributed by atoms with E-state index >= 15 is 0 Å². The van der Waals surface area contributed by atoms with Crippen LogP contribution in [0.15, 0.2) is 33.0 Å². The Bertz CT molecular complexity index is 1230. The number of hydrogen-bond acceptors (Lipinski definition) is 6. The van der Waals surface area contributed by atoms with Gasteiger partial charge < -0.3 is 0 Å². The van der Waals surface area contributed by atoms with Crippen molar-refractivity contribution in [3.05, 3.63) is 34.2 Å². The molecule has 2 aromatic heterocycles. The number of fused-ring (bicyclic) bond motifs is 1. The Hall–Kier alpha value is -1.83. The van der Waals surface area contributed by atoms with Gasteiger partial charge in [0.15, 0.2) is 0 Å². The van der Waals surface area contributed by atoms with E-state index in [1.165, 1.54) is 33.2 Å². The van der Waals surface area contributed by atoms with Gasteiger partial charge >= 0.3 is 10.0 Å². The summed E-state index contributed by atoms with van der Waals surface area (Å²) in [6.45, 7) is 1.52. The summed E-state index contributed by atoms with van der Waals surface area (Å²) in [6, 6.07) is 3.72. The molecule has 26 heavy (non-hydrogen) atoms. The molecule has 0 spiro atoms. The number of halogens is 2. The van der Waals surface area contributed by atoms with E-state index in [9.17, 15) is 21.2 Å². The molecule has 0 saturated carbocycles. The first-order chi connectivity index (χ1) is 12.0. The lowest BCUT2D eigenvalue weighted by molar-refractivity contribution is 0.512. The Balaban J connectivity index is 2.26. The van der Waals surface area contributed by atoms with E-state index in [0.29, 0.717) is 9.86 Å². The summed E-state index contributed by atoms with van der Waals surface area (Å²) in [4.78, 5) is 3.62. The third-order valence-electron chi connectivity index (χ3n) is 3.68. The van der Waals surface area contributed by atoms with Crippen LogP contribution in [0.5, 0.6) is 0 Å². The van der Waals surface area contributed by atoms with Crippen LogP contribution in [0.3, 0.4) is 0 Å². The molecular formula is C13H13BrFN5O4S2. The molecule has 0 atom stereocenters. The molecule has 13 heteroatoms. The number of H-pyrrole nitrogens is 1. The second-order valence-corrected chi connectivity index (χ2v) is 10.1. The summed E-state index contributed by atoms with van der Waals surface area (Å²) < 4.78 is 65.9. The van der Waals surface area contributed by atoms with E-state index in [2.05, 4.69) is 31.1 Å². The molecule has 0 aliphatic carbocycles.